The Balaban J connectivity index is 4.86. The zero-order valence-electron chi connectivity index (χ0n) is 12.9. The molecule has 0 aromatic heterocycles. The van der Waals surface area contributed by atoms with Gasteiger partial charge in [0.25, 0.3) is 0 Å². The number of methoxy groups -OCH3 is 1. The SMILES string of the molecule is COC(=O)[C@H](O)[C@@H](C(=O)SC[C@H](NC(C)=O)C(=O)O)C(C)C. The fourth-order valence-corrected chi connectivity index (χ4v) is 2.87. The Hall–Kier alpha value is -1.61. The summed E-state index contributed by atoms with van der Waals surface area (Å²) in [5.41, 5.74) is 0. The van der Waals surface area contributed by atoms with E-state index in [1.807, 2.05) is 0 Å². The number of ether oxygens (including phenoxy) is 1. The molecule has 0 fully saturated rings. The molecule has 0 aliphatic rings. The third-order valence-corrected chi connectivity index (χ3v) is 3.90. The molecular formula is C13H21NO7S. The molecule has 126 valence electrons. The van der Waals surface area contributed by atoms with Crippen LogP contribution >= 0.6 is 11.8 Å². The number of carboxylic acid groups (broad SMARTS) is 1. The summed E-state index contributed by atoms with van der Waals surface area (Å²) < 4.78 is 4.41. The summed E-state index contributed by atoms with van der Waals surface area (Å²) in [5, 5.41) is 20.5. The molecule has 0 aromatic rings. The minimum absolute atomic E-state index is 0.204. The van der Waals surface area contributed by atoms with Gasteiger partial charge in [0, 0.05) is 12.7 Å². The molecule has 8 nitrogen and oxygen atoms in total. The third-order valence-electron chi connectivity index (χ3n) is 2.84. The highest BCUT2D eigenvalue weighted by atomic mass is 32.2. The largest absolute Gasteiger partial charge is 0.480 e. The highest BCUT2D eigenvalue weighted by Gasteiger charge is 2.36. The summed E-state index contributed by atoms with van der Waals surface area (Å²) in [6.45, 7) is 4.47. The number of hydrogen-bond donors (Lipinski definition) is 3. The Morgan fingerprint density at radius 1 is 1.23 bits per heavy atom. The predicted molar refractivity (Wildman–Crippen MR) is 79.1 cm³/mol. The van der Waals surface area contributed by atoms with Crippen LogP contribution in [0.5, 0.6) is 0 Å². The molecule has 1 amide bonds. The Labute approximate surface area is 132 Å². The number of nitrogens with one attached hydrogen (secondary N) is 1. The van der Waals surface area contributed by atoms with Crippen molar-refractivity contribution in [2.75, 3.05) is 12.9 Å². The number of aliphatic hydroxyl groups is 1. The molecule has 3 N–H and O–H groups in total. The van der Waals surface area contributed by atoms with Gasteiger partial charge < -0.3 is 20.3 Å². The van der Waals surface area contributed by atoms with Gasteiger partial charge in [0.1, 0.15) is 6.04 Å². The van der Waals surface area contributed by atoms with Crippen molar-refractivity contribution in [2.45, 2.75) is 32.9 Å². The van der Waals surface area contributed by atoms with Crippen molar-refractivity contribution in [3.63, 3.8) is 0 Å². The van der Waals surface area contributed by atoms with Crippen LogP contribution in [-0.4, -0.2) is 58.2 Å². The van der Waals surface area contributed by atoms with Crippen molar-refractivity contribution in [3.8, 4) is 0 Å². The average Bonchev–Trinajstić information content (AvgIpc) is 2.41. The van der Waals surface area contributed by atoms with E-state index in [4.69, 9.17) is 5.11 Å². The first kappa shape index (κ1) is 20.4. The van der Waals surface area contributed by atoms with Gasteiger partial charge in [-0.15, -0.1) is 0 Å². The average molecular weight is 335 g/mol. The molecule has 0 saturated carbocycles. The van der Waals surface area contributed by atoms with Crippen LogP contribution in [0.4, 0.5) is 0 Å². The van der Waals surface area contributed by atoms with Crippen molar-refractivity contribution in [1.82, 2.24) is 5.32 Å². The van der Waals surface area contributed by atoms with Crippen LogP contribution < -0.4 is 5.32 Å². The molecule has 9 heteroatoms. The maximum Gasteiger partial charge on any atom is 0.335 e. The van der Waals surface area contributed by atoms with Crippen molar-refractivity contribution >= 4 is 34.7 Å². The fraction of sp³-hybridized carbons (Fsp3) is 0.692. The number of carbonyl (C=O) groups excluding carboxylic acids is 3. The van der Waals surface area contributed by atoms with E-state index < -0.39 is 41.0 Å². The monoisotopic (exact) mass is 335 g/mol. The van der Waals surface area contributed by atoms with Crippen molar-refractivity contribution in [2.24, 2.45) is 11.8 Å². The zero-order valence-corrected chi connectivity index (χ0v) is 13.7. The molecule has 0 saturated heterocycles. The molecule has 0 aliphatic carbocycles. The van der Waals surface area contributed by atoms with Gasteiger partial charge in [-0.1, -0.05) is 25.6 Å². The molecule has 0 bridgehead atoms. The number of aliphatic hydroxyl groups excluding tert-OH is 1. The van der Waals surface area contributed by atoms with Crippen LogP contribution in [-0.2, 0) is 23.9 Å². The lowest BCUT2D eigenvalue weighted by atomic mass is 9.91. The summed E-state index contributed by atoms with van der Waals surface area (Å²) in [4.78, 5) is 45.4. The second-order valence-electron chi connectivity index (χ2n) is 4.96. The predicted octanol–water partition coefficient (Wildman–Crippen LogP) is -0.358. The smallest absolute Gasteiger partial charge is 0.335 e. The number of thioether (sulfide) groups is 1. The van der Waals surface area contributed by atoms with Gasteiger partial charge in [-0.2, -0.15) is 0 Å². The van der Waals surface area contributed by atoms with Crippen LogP contribution in [0.1, 0.15) is 20.8 Å². The number of carbonyl (C=O) groups is 4. The van der Waals surface area contributed by atoms with Crippen LogP contribution in [0.25, 0.3) is 0 Å². The van der Waals surface area contributed by atoms with Crippen LogP contribution in [0.3, 0.4) is 0 Å². The van der Waals surface area contributed by atoms with E-state index in [1.165, 1.54) is 6.92 Å². The Morgan fingerprint density at radius 3 is 2.14 bits per heavy atom. The van der Waals surface area contributed by atoms with Gasteiger partial charge in [0.05, 0.1) is 13.0 Å². The first-order chi connectivity index (χ1) is 10.1. The first-order valence-electron chi connectivity index (χ1n) is 6.54. The van der Waals surface area contributed by atoms with Gasteiger partial charge in [-0.05, 0) is 5.92 Å². The van der Waals surface area contributed by atoms with E-state index in [0.717, 1.165) is 7.11 Å². The first-order valence-corrected chi connectivity index (χ1v) is 7.52. The number of rotatable bonds is 8. The van der Waals surface area contributed by atoms with Gasteiger partial charge in [-0.25, -0.2) is 9.59 Å². The summed E-state index contributed by atoms with van der Waals surface area (Å²) in [6.07, 6.45) is -1.62. The maximum absolute atomic E-state index is 12.1. The topological polar surface area (TPSA) is 130 Å². The van der Waals surface area contributed by atoms with Crippen LogP contribution in [0.2, 0.25) is 0 Å². The Kier molecular flexibility index (Phi) is 8.73. The van der Waals surface area contributed by atoms with E-state index in [0.29, 0.717) is 11.8 Å². The minimum atomic E-state index is -1.62. The molecule has 0 heterocycles. The quantitative estimate of drug-likeness (QED) is 0.513. The third kappa shape index (κ3) is 6.44. The second kappa shape index (κ2) is 9.42. The normalized spacial score (nSPS) is 14.8. The zero-order chi connectivity index (χ0) is 17.4. The van der Waals surface area contributed by atoms with Gasteiger partial charge >= 0.3 is 11.9 Å². The van der Waals surface area contributed by atoms with Crippen LogP contribution in [0, 0.1) is 11.8 Å². The number of hydrogen-bond acceptors (Lipinski definition) is 7. The van der Waals surface area contributed by atoms with E-state index in [2.05, 4.69) is 10.1 Å². The molecular weight excluding hydrogens is 314 g/mol. The lowest BCUT2D eigenvalue weighted by molar-refractivity contribution is -0.156. The minimum Gasteiger partial charge on any atom is -0.480 e. The highest BCUT2D eigenvalue weighted by Crippen LogP contribution is 2.24. The van der Waals surface area contributed by atoms with Gasteiger partial charge in [0.15, 0.2) is 11.2 Å². The van der Waals surface area contributed by atoms with Gasteiger partial charge in [0.2, 0.25) is 5.91 Å². The van der Waals surface area contributed by atoms with Gasteiger partial charge in [-0.3, -0.25) is 9.59 Å². The standard InChI is InChI=1S/C13H21NO7S/c1-6(2)9(10(16)12(19)21-4)13(20)22-5-8(11(17)18)14-7(3)15/h6,8-10,16H,5H2,1-4H3,(H,14,15)(H,17,18)/t8-,9-,10+/m0/s1. The van der Waals surface area contributed by atoms with E-state index in [-0.39, 0.29) is 11.7 Å². The van der Waals surface area contributed by atoms with Crippen molar-refractivity contribution in [1.29, 1.82) is 0 Å². The molecule has 0 radical (unpaired) electrons. The lowest BCUT2D eigenvalue weighted by Crippen LogP contribution is -2.43. The highest BCUT2D eigenvalue weighted by molar-refractivity contribution is 8.13. The summed E-state index contributed by atoms with van der Waals surface area (Å²) in [6, 6.07) is -1.23. The summed E-state index contributed by atoms with van der Waals surface area (Å²) in [5.74, 6) is -4.31. The van der Waals surface area contributed by atoms with E-state index in [1.54, 1.807) is 13.8 Å². The maximum atomic E-state index is 12.1. The lowest BCUT2D eigenvalue weighted by Gasteiger charge is -2.23. The van der Waals surface area contributed by atoms with E-state index >= 15 is 0 Å². The Bertz CT molecular complexity index is 438. The molecule has 22 heavy (non-hydrogen) atoms. The van der Waals surface area contributed by atoms with Crippen LogP contribution in [0.15, 0.2) is 0 Å². The molecule has 0 spiro atoms. The molecule has 0 aliphatic heterocycles. The fourth-order valence-electron chi connectivity index (χ4n) is 1.71. The number of amides is 1. The number of aliphatic carboxylic acids is 1. The molecule has 3 atom stereocenters. The van der Waals surface area contributed by atoms with Crippen molar-refractivity contribution in [3.05, 3.63) is 0 Å². The second-order valence-corrected chi connectivity index (χ2v) is 5.98. The number of carboxylic acids is 1. The molecule has 0 rings (SSSR count). The molecule has 0 aromatic carbocycles. The number of esters is 1. The van der Waals surface area contributed by atoms with E-state index in [9.17, 15) is 24.3 Å². The summed E-state index contributed by atoms with van der Waals surface area (Å²) >= 11 is 0.645. The summed E-state index contributed by atoms with van der Waals surface area (Å²) in [7, 11) is 1.10. The molecule has 0 unspecified atom stereocenters. The Morgan fingerprint density at radius 2 is 1.77 bits per heavy atom. The van der Waals surface area contributed by atoms with Crippen molar-refractivity contribution < 1.29 is 34.1 Å².